The number of rotatable bonds is 8. The SMILES string of the molecule is CCC(C)CCCC(C)COC(=O)c1ccccc1O. The second-order valence-electron chi connectivity index (χ2n) is 5.67. The molecule has 0 heterocycles. The lowest BCUT2D eigenvalue weighted by atomic mass is 9.97. The van der Waals surface area contributed by atoms with Gasteiger partial charge in [-0.15, -0.1) is 0 Å². The van der Waals surface area contributed by atoms with Gasteiger partial charge in [0.05, 0.1) is 6.61 Å². The van der Waals surface area contributed by atoms with Crippen molar-refractivity contribution >= 4 is 5.97 Å². The van der Waals surface area contributed by atoms with Gasteiger partial charge in [-0.25, -0.2) is 4.79 Å². The number of carbonyl (C=O) groups excluding carboxylic acids is 1. The molecule has 0 aromatic heterocycles. The largest absolute Gasteiger partial charge is 0.507 e. The van der Waals surface area contributed by atoms with Crippen LogP contribution in [0.25, 0.3) is 0 Å². The van der Waals surface area contributed by atoms with Crippen molar-refractivity contribution in [3.63, 3.8) is 0 Å². The van der Waals surface area contributed by atoms with Crippen molar-refractivity contribution in [2.24, 2.45) is 11.8 Å². The molecule has 1 aromatic carbocycles. The normalized spacial score (nSPS) is 13.8. The summed E-state index contributed by atoms with van der Waals surface area (Å²) in [5, 5.41) is 9.57. The van der Waals surface area contributed by atoms with Gasteiger partial charge in [0, 0.05) is 0 Å². The van der Waals surface area contributed by atoms with E-state index in [9.17, 15) is 9.90 Å². The molecule has 0 saturated heterocycles. The zero-order valence-corrected chi connectivity index (χ0v) is 12.8. The minimum absolute atomic E-state index is 0.0260. The fourth-order valence-corrected chi connectivity index (χ4v) is 2.04. The number of hydrogen-bond donors (Lipinski definition) is 1. The van der Waals surface area contributed by atoms with Crippen LogP contribution in [-0.4, -0.2) is 17.7 Å². The van der Waals surface area contributed by atoms with Crippen LogP contribution in [0, 0.1) is 11.8 Å². The smallest absolute Gasteiger partial charge is 0.341 e. The highest BCUT2D eigenvalue weighted by Crippen LogP contribution is 2.18. The molecular weight excluding hydrogens is 252 g/mol. The monoisotopic (exact) mass is 278 g/mol. The van der Waals surface area contributed by atoms with Gasteiger partial charge < -0.3 is 9.84 Å². The molecule has 0 fully saturated rings. The van der Waals surface area contributed by atoms with E-state index in [0.29, 0.717) is 12.5 Å². The zero-order chi connectivity index (χ0) is 15.0. The van der Waals surface area contributed by atoms with E-state index in [1.54, 1.807) is 18.2 Å². The Balaban J connectivity index is 2.29. The first-order valence-corrected chi connectivity index (χ1v) is 7.49. The van der Waals surface area contributed by atoms with E-state index >= 15 is 0 Å². The van der Waals surface area contributed by atoms with Crippen molar-refractivity contribution in [1.82, 2.24) is 0 Å². The molecule has 0 spiro atoms. The van der Waals surface area contributed by atoms with Crippen molar-refractivity contribution in [3.8, 4) is 5.75 Å². The van der Waals surface area contributed by atoms with Gasteiger partial charge in [-0.1, -0.05) is 52.2 Å². The standard InChI is InChI=1S/C17H26O3/c1-4-13(2)8-7-9-14(3)12-20-17(19)15-10-5-6-11-16(15)18/h5-6,10-11,13-14,18H,4,7-9,12H2,1-3H3. The van der Waals surface area contributed by atoms with Gasteiger partial charge in [0.2, 0.25) is 0 Å². The maximum atomic E-state index is 11.8. The number of aromatic hydroxyl groups is 1. The van der Waals surface area contributed by atoms with Crippen LogP contribution in [0.4, 0.5) is 0 Å². The Labute approximate surface area is 122 Å². The second kappa shape index (κ2) is 8.62. The molecule has 0 bridgehead atoms. The number of phenolic OH excluding ortho intramolecular Hbond substituents is 1. The summed E-state index contributed by atoms with van der Waals surface area (Å²) >= 11 is 0. The van der Waals surface area contributed by atoms with E-state index < -0.39 is 5.97 Å². The molecule has 0 saturated carbocycles. The Hall–Kier alpha value is -1.51. The van der Waals surface area contributed by atoms with E-state index in [-0.39, 0.29) is 11.3 Å². The Morgan fingerprint density at radius 2 is 1.85 bits per heavy atom. The van der Waals surface area contributed by atoms with E-state index in [1.807, 2.05) is 0 Å². The molecular formula is C17H26O3. The summed E-state index contributed by atoms with van der Waals surface area (Å²) in [4.78, 5) is 11.8. The first-order valence-electron chi connectivity index (χ1n) is 7.49. The fourth-order valence-electron chi connectivity index (χ4n) is 2.04. The molecule has 3 heteroatoms. The van der Waals surface area contributed by atoms with E-state index in [2.05, 4.69) is 20.8 Å². The van der Waals surface area contributed by atoms with Crippen molar-refractivity contribution in [3.05, 3.63) is 29.8 Å². The lowest BCUT2D eigenvalue weighted by molar-refractivity contribution is 0.0438. The van der Waals surface area contributed by atoms with Crippen LogP contribution in [0.1, 0.15) is 56.8 Å². The first kappa shape index (κ1) is 16.5. The van der Waals surface area contributed by atoms with Crippen LogP contribution in [-0.2, 0) is 4.74 Å². The average Bonchev–Trinajstić information content (AvgIpc) is 2.45. The lowest BCUT2D eigenvalue weighted by Gasteiger charge is -2.14. The maximum Gasteiger partial charge on any atom is 0.341 e. The third kappa shape index (κ3) is 5.64. The van der Waals surface area contributed by atoms with Gasteiger partial charge in [0.1, 0.15) is 11.3 Å². The van der Waals surface area contributed by atoms with Crippen molar-refractivity contribution in [1.29, 1.82) is 0 Å². The van der Waals surface area contributed by atoms with Crippen LogP contribution in [0.3, 0.4) is 0 Å². The molecule has 2 unspecified atom stereocenters. The number of hydrogen-bond acceptors (Lipinski definition) is 3. The van der Waals surface area contributed by atoms with Gasteiger partial charge in [-0.2, -0.15) is 0 Å². The quantitative estimate of drug-likeness (QED) is 0.717. The summed E-state index contributed by atoms with van der Waals surface area (Å²) < 4.78 is 5.26. The first-order chi connectivity index (χ1) is 9.54. The van der Waals surface area contributed by atoms with Gasteiger partial charge in [-0.05, 0) is 30.4 Å². The summed E-state index contributed by atoms with van der Waals surface area (Å²) in [6.45, 7) is 6.98. The molecule has 20 heavy (non-hydrogen) atoms. The Morgan fingerprint density at radius 1 is 1.20 bits per heavy atom. The molecule has 0 aliphatic rings. The Morgan fingerprint density at radius 3 is 2.50 bits per heavy atom. The molecule has 1 rings (SSSR count). The van der Waals surface area contributed by atoms with E-state index in [1.165, 1.54) is 25.3 Å². The molecule has 0 amide bonds. The third-order valence-electron chi connectivity index (χ3n) is 3.71. The lowest BCUT2D eigenvalue weighted by Crippen LogP contribution is -2.12. The number of ether oxygens (including phenoxy) is 1. The van der Waals surface area contributed by atoms with Crippen molar-refractivity contribution in [2.45, 2.75) is 46.5 Å². The fraction of sp³-hybridized carbons (Fsp3) is 0.588. The predicted molar refractivity (Wildman–Crippen MR) is 80.9 cm³/mol. The molecule has 0 aliphatic heterocycles. The van der Waals surface area contributed by atoms with Crippen LogP contribution in [0.5, 0.6) is 5.75 Å². The molecule has 2 atom stereocenters. The number of para-hydroxylation sites is 1. The second-order valence-corrected chi connectivity index (χ2v) is 5.67. The molecule has 1 aromatic rings. The highest BCUT2D eigenvalue weighted by Gasteiger charge is 2.13. The molecule has 3 nitrogen and oxygen atoms in total. The van der Waals surface area contributed by atoms with Gasteiger partial charge in [-0.3, -0.25) is 0 Å². The molecule has 112 valence electrons. The minimum atomic E-state index is -0.447. The highest BCUT2D eigenvalue weighted by molar-refractivity contribution is 5.92. The van der Waals surface area contributed by atoms with Gasteiger partial charge in [0.25, 0.3) is 0 Å². The van der Waals surface area contributed by atoms with Crippen molar-refractivity contribution in [2.75, 3.05) is 6.61 Å². The predicted octanol–water partition coefficient (Wildman–Crippen LogP) is 4.40. The summed E-state index contributed by atoms with van der Waals surface area (Å²) in [6, 6.07) is 6.47. The minimum Gasteiger partial charge on any atom is -0.507 e. The number of phenols is 1. The van der Waals surface area contributed by atoms with Gasteiger partial charge >= 0.3 is 5.97 Å². The summed E-state index contributed by atoms with van der Waals surface area (Å²) in [5.41, 5.74) is 0.235. The van der Waals surface area contributed by atoms with E-state index in [0.717, 1.165) is 12.3 Å². The van der Waals surface area contributed by atoms with Crippen LogP contribution < -0.4 is 0 Å². The molecule has 0 radical (unpaired) electrons. The summed E-state index contributed by atoms with van der Waals surface area (Å²) in [6.07, 6.45) is 4.69. The van der Waals surface area contributed by atoms with Crippen LogP contribution >= 0.6 is 0 Å². The molecule has 0 aliphatic carbocycles. The van der Waals surface area contributed by atoms with Crippen LogP contribution in [0.15, 0.2) is 24.3 Å². The zero-order valence-electron chi connectivity index (χ0n) is 12.8. The third-order valence-corrected chi connectivity index (χ3v) is 3.71. The number of benzene rings is 1. The Bertz CT molecular complexity index is 414. The Kier molecular flexibility index (Phi) is 7.13. The highest BCUT2D eigenvalue weighted by atomic mass is 16.5. The van der Waals surface area contributed by atoms with Crippen molar-refractivity contribution < 1.29 is 14.6 Å². The van der Waals surface area contributed by atoms with Crippen LogP contribution in [0.2, 0.25) is 0 Å². The van der Waals surface area contributed by atoms with Gasteiger partial charge in [0.15, 0.2) is 0 Å². The molecule has 1 N–H and O–H groups in total. The number of esters is 1. The summed E-state index contributed by atoms with van der Waals surface area (Å²) in [7, 11) is 0. The van der Waals surface area contributed by atoms with E-state index in [4.69, 9.17) is 4.74 Å². The maximum absolute atomic E-state index is 11.8. The summed E-state index contributed by atoms with van der Waals surface area (Å²) in [5.74, 6) is 0.652. The average molecular weight is 278 g/mol. The topological polar surface area (TPSA) is 46.5 Å². The number of carbonyl (C=O) groups is 1.